The Morgan fingerprint density at radius 1 is 1.39 bits per heavy atom. The number of nitrogens with one attached hydrogen (secondary N) is 1. The highest BCUT2D eigenvalue weighted by Gasteiger charge is 2.08. The maximum absolute atomic E-state index is 11.9. The van der Waals surface area contributed by atoms with Crippen molar-refractivity contribution in [3.8, 4) is 0 Å². The molecule has 18 heavy (non-hydrogen) atoms. The summed E-state index contributed by atoms with van der Waals surface area (Å²) in [6.07, 6.45) is 1.78. The van der Waals surface area contributed by atoms with Crippen LogP contribution in [0.4, 0.5) is 0 Å². The van der Waals surface area contributed by atoms with Gasteiger partial charge in [0.05, 0.1) is 6.20 Å². The van der Waals surface area contributed by atoms with Gasteiger partial charge in [-0.2, -0.15) is 5.10 Å². The van der Waals surface area contributed by atoms with E-state index in [0.29, 0.717) is 12.1 Å². The summed E-state index contributed by atoms with van der Waals surface area (Å²) < 4.78 is 1.80. The summed E-state index contributed by atoms with van der Waals surface area (Å²) in [5.74, 6) is -0.0537. The van der Waals surface area contributed by atoms with E-state index >= 15 is 0 Å². The lowest BCUT2D eigenvalue weighted by Crippen LogP contribution is -2.23. The highest BCUT2D eigenvalue weighted by molar-refractivity contribution is 5.94. The first kappa shape index (κ1) is 12.4. The van der Waals surface area contributed by atoms with Crippen LogP contribution >= 0.6 is 0 Å². The molecule has 0 saturated heterocycles. The van der Waals surface area contributed by atoms with E-state index in [9.17, 15) is 4.79 Å². The quantitative estimate of drug-likeness (QED) is 0.895. The lowest BCUT2D eigenvalue weighted by atomic mass is 10.1. The second-order valence-corrected chi connectivity index (χ2v) is 4.43. The number of nitrogens with zero attached hydrogens (tertiary/aromatic N) is 2. The maximum atomic E-state index is 11.9. The molecule has 0 bridgehead atoms. The van der Waals surface area contributed by atoms with E-state index in [1.54, 1.807) is 10.9 Å². The number of carbonyl (C=O) groups is 1. The highest BCUT2D eigenvalue weighted by Crippen LogP contribution is 2.07. The Balaban J connectivity index is 2.03. The molecule has 1 aromatic carbocycles. The molecule has 1 N–H and O–H groups in total. The summed E-state index contributed by atoms with van der Waals surface area (Å²) in [7, 11) is 1.89. The molecule has 1 heterocycles. The Labute approximate surface area is 107 Å². The second kappa shape index (κ2) is 5.04. The van der Waals surface area contributed by atoms with Crippen LogP contribution in [0.1, 0.15) is 27.2 Å². The van der Waals surface area contributed by atoms with Crippen molar-refractivity contribution in [2.45, 2.75) is 20.4 Å². The average molecular weight is 243 g/mol. The molecular weight excluding hydrogens is 226 g/mol. The predicted octanol–water partition coefficient (Wildman–Crippen LogP) is 1.97. The zero-order valence-electron chi connectivity index (χ0n) is 10.9. The van der Waals surface area contributed by atoms with E-state index in [0.717, 1.165) is 16.8 Å². The number of amides is 1. The van der Waals surface area contributed by atoms with Crippen molar-refractivity contribution in [2.24, 2.45) is 7.05 Å². The third-order valence-corrected chi connectivity index (χ3v) is 3.06. The van der Waals surface area contributed by atoms with E-state index in [-0.39, 0.29) is 5.91 Å². The summed E-state index contributed by atoms with van der Waals surface area (Å²) in [4.78, 5) is 11.9. The van der Waals surface area contributed by atoms with Crippen LogP contribution in [0.2, 0.25) is 0 Å². The Morgan fingerprint density at radius 3 is 2.78 bits per heavy atom. The number of hydrogen-bond acceptors (Lipinski definition) is 2. The first-order valence-corrected chi connectivity index (χ1v) is 5.90. The molecule has 2 rings (SSSR count). The summed E-state index contributed by atoms with van der Waals surface area (Å²) in [6.45, 7) is 4.47. The van der Waals surface area contributed by atoms with E-state index in [4.69, 9.17) is 0 Å². The summed E-state index contributed by atoms with van der Waals surface area (Å²) in [5.41, 5.74) is 3.88. The highest BCUT2D eigenvalue weighted by atomic mass is 16.1. The second-order valence-electron chi connectivity index (χ2n) is 4.43. The molecule has 94 valence electrons. The van der Waals surface area contributed by atoms with Crippen molar-refractivity contribution in [1.82, 2.24) is 15.1 Å². The van der Waals surface area contributed by atoms with Gasteiger partial charge in [0.25, 0.3) is 5.91 Å². The monoisotopic (exact) mass is 243 g/mol. The van der Waals surface area contributed by atoms with Crippen LogP contribution in [0.5, 0.6) is 0 Å². The van der Waals surface area contributed by atoms with Crippen molar-refractivity contribution < 1.29 is 4.79 Å². The molecule has 0 unspecified atom stereocenters. The van der Waals surface area contributed by atoms with Crippen LogP contribution in [0.3, 0.4) is 0 Å². The van der Waals surface area contributed by atoms with Crippen LogP contribution in [0.25, 0.3) is 0 Å². The molecule has 1 amide bonds. The van der Waals surface area contributed by atoms with Crippen LogP contribution in [0.15, 0.2) is 30.5 Å². The number of benzene rings is 1. The van der Waals surface area contributed by atoms with Crippen molar-refractivity contribution >= 4 is 5.91 Å². The van der Waals surface area contributed by atoms with Gasteiger partial charge in [-0.15, -0.1) is 0 Å². The van der Waals surface area contributed by atoms with Gasteiger partial charge < -0.3 is 5.32 Å². The van der Waals surface area contributed by atoms with E-state index < -0.39 is 0 Å². The molecule has 0 atom stereocenters. The van der Waals surface area contributed by atoms with E-state index in [1.807, 2.05) is 45.2 Å². The fourth-order valence-corrected chi connectivity index (χ4v) is 1.78. The van der Waals surface area contributed by atoms with Gasteiger partial charge >= 0.3 is 0 Å². The van der Waals surface area contributed by atoms with Crippen molar-refractivity contribution in [1.29, 1.82) is 0 Å². The van der Waals surface area contributed by atoms with Crippen LogP contribution < -0.4 is 5.32 Å². The largest absolute Gasteiger partial charge is 0.348 e. The van der Waals surface area contributed by atoms with Crippen molar-refractivity contribution in [2.75, 3.05) is 0 Å². The van der Waals surface area contributed by atoms with Crippen molar-refractivity contribution in [3.05, 3.63) is 52.8 Å². The lowest BCUT2D eigenvalue weighted by Gasteiger charge is -2.05. The van der Waals surface area contributed by atoms with Gasteiger partial charge in [0.2, 0.25) is 0 Å². The first-order chi connectivity index (χ1) is 8.58. The zero-order chi connectivity index (χ0) is 13.1. The van der Waals surface area contributed by atoms with E-state index in [1.165, 1.54) is 0 Å². The van der Waals surface area contributed by atoms with Gasteiger partial charge in [0.1, 0.15) is 0 Å². The molecule has 0 saturated carbocycles. The normalized spacial score (nSPS) is 10.4. The number of hydrogen-bond donors (Lipinski definition) is 1. The SMILES string of the molecule is Cc1cccc(C(=O)NCc2cnn(C)c2C)c1. The minimum Gasteiger partial charge on any atom is -0.348 e. The molecule has 1 aromatic heterocycles. The molecule has 0 fully saturated rings. The molecule has 2 aromatic rings. The Morgan fingerprint density at radius 2 is 2.17 bits per heavy atom. The molecule has 0 aliphatic carbocycles. The smallest absolute Gasteiger partial charge is 0.251 e. The molecule has 0 radical (unpaired) electrons. The zero-order valence-corrected chi connectivity index (χ0v) is 10.9. The molecule has 4 heteroatoms. The van der Waals surface area contributed by atoms with Gasteiger partial charge in [-0.05, 0) is 26.0 Å². The van der Waals surface area contributed by atoms with Crippen LogP contribution in [-0.4, -0.2) is 15.7 Å². The number of rotatable bonds is 3. The molecule has 0 spiro atoms. The van der Waals surface area contributed by atoms with E-state index in [2.05, 4.69) is 10.4 Å². The predicted molar refractivity (Wildman–Crippen MR) is 70.3 cm³/mol. The summed E-state index contributed by atoms with van der Waals surface area (Å²) in [5, 5.41) is 7.05. The fourth-order valence-electron chi connectivity index (χ4n) is 1.78. The number of aromatic nitrogens is 2. The Hall–Kier alpha value is -2.10. The number of aryl methyl sites for hydroxylation is 2. The Bertz CT molecular complexity index is 572. The third-order valence-electron chi connectivity index (χ3n) is 3.06. The lowest BCUT2D eigenvalue weighted by molar-refractivity contribution is 0.0951. The van der Waals surface area contributed by atoms with Gasteiger partial charge in [-0.1, -0.05) is 17.7 Å². The topological polar surface area (TPSA) is 46.9 Å². The van der Waals surface area contributed by atoms with Crippen LogP contribution in [-0.2, 0) is 13.6 Å². The van der Waals surface area contributed by atoms with Gasteiger partial charge in [-0.3, -0.25) is 9.48 Å². The molecule has 4 nitrogen and oxygen atoms in total. The van der Waals surface area contributed by atoms with Crippen molar-refractivity contribution in [3.63, 3.8) is 0 Å². The summed E-state index contributed by atoms with van der Waals surface area (Å²) >= 11 is 0. The molecule has 0 aliphatic rings. The maximum Gasteiger partial charge on any atom is 0.251 e. The average Bonchev–Trinajstić information content (AvgIpc) is 2.67. The minimum atomic E-state index is -0.0537. The fraction of sp³-hybridized carbons (Fsp3) is 0.286. The van der Waals surface area contributed by atoms with Crippen LogP contribution in [0, 0.1) is 13.8 Å². The molecule has 0 aliphatic heterocycles. The van der Waals surface area contributed by atoms with Gasteiger partial charge in [0, 0.05) is 30.4 Å². The van der Waals surface area contributed by atoms with Gasteiger partial charge in [0.15, 0.2) is 0 Å². The Kier molecular flexibility index (Phi) is 3.46. The number of carbonyl (C=O) groups excluding carboxylic acids is 1. The van der Waals surface area contributed by atoms with Gasteiger partial charge in [-0.25, -0.2) is 0 Å². The molecular formula is C14H17N3O. The third kappa shape index (κ3) is 2.59. The standard InChI is InChI=1S/C14H17N3O/c1-10-5-4-6-12(7-10)14(18)15-8-13-9-16-17(3)11(13)2/h4-7,9H,8H2,1-3H3,(H,15,18). The minimum absolute atomic E-state index is 0.0537. The first-order valence-electron chi connectivity index (χ1n) is 5.90. The summed E-state index contributed by atoms with van der Waals surface area (Å²) in [6, 6.07) is 7.56.